The smallest absolute Gasteiger partial charge is 0.232 e. The summed E-state index contributed by atoms with van der Waals surface area (Å²) in [5, 5.41) is 0. The molecule has 0 aliphatic carbocycles. The highest BCUT2D eigenvalue weighted by molar-refractivity contribution is 7.99. The Morgan fingerprint density at radius 2 is 2.05 bits per heavy atom. The summed E-state index contributed by atoms with van der Waals surface area (Å²) in [6.45, 7) is 7.87. The maximum Gasteiger partial charge on any atom is 0.232 e. The highest BCUT2D eigenvalue weighted by Gasteiger charge is 2.22. The molecule has 0 radical (unpaired) electrons. The summed E-state index contributed by atoms with van der Waals surface area (Å²) in [6, 6.07) is 6.59. The molecular formula is C18H27NO2S. The summed E-state index contributed by atoms with van der Waals surface area (Å²) < 4.78 is 5.87. The molecule has 4 heteroatoms. The van der Waals surface area contributed by atoms with Crippen LogP contribution in [0.1, 0.15) is 37.3 Å². The number of rotatable bonds is 6. The molecule has 1 unspecified atom stereocenters. The Balaban J connectivity index is 1.68. The van der Waals surface area contributed by atoms with Gasteiger partial charge in [0.15, 0.2) is 0 Å². The van der Waals surface area contributed by atoms with Crippen LogP contribution < -0.4 is 4.74 Å². The van der Waals surface area contributed by atoms with Crippen molar-refractivity contribution in [2.45, 2.75) is 46.1 Å². The summed E-state index contributed by atoms with van der Waals surface area (Å²) in [6.07, 6.45) is 3.55. The normalized spacial score (nSPS) is 18.3. The van der Waals surface area contributed by atoms with Crippen LogP contribution in [0, 0.1) is 13.8 Å². The molecule has 1 amide bonds. The zero-order chi connectivity index (χ0) is 15.9. The Hall–Kier alpha value is -1.16. The third-order valence-electron chi connectivity index (χ3n) is 4.23. The first kappa shape index (κ1) is 17.2. The van der Waals surface area contributed by atoms with E-state index in [-0.39, 0.29) is 5.91 Å². The van der Waals surface area contributed by atoms with Crippen molar-refractivity contribution in [3.63, 3.8) is 0 Å². The van der Waals surface area contributed by atoms with Crippen molar-refractivity contribution in [1.82, 2.24) is 4.90 Å². The lowest BCUT2D eigenvalue weighted by molar-refractivity contribution is -0.131. The number of hydrogen-bond donors (Lipinski definition) is 0. The van der Waals surface area contributed by atoms with Gasteiger partial charge in [0.2, 0.25) is 5.91 Å². The molecule has 1 fully saturated rings. The van der Waals surface area contributed by atoms with Gasteiger partial charge in [-0.2, -0.15) is 0 Å². The lowest BCUT2D eigenvalue weighted by atomic mass is 10.0. The lowest BCUT2D eigenvalue weighted by Crippen LogP contribution is -2.43. The first-order valence-electron chi connectivity index (χ1n) is 8.16. The Morgan fingerprint density at radius 1 is 1.32 bits per heavy atom. The van der Waals surface area contributed by atoms with Crippen molar-refractivity contribution < 1.29 is 9.53 Å². The molecule has 1 aliphatic rings. The van der Waals surface area contributed by atoms with Gasteiger partial charge in [-0.3, -0.25) is 4.79 Å². The second kappa shape index (κ2) is 8.47. The van der Waals surface area contributed by atoms with E-state index in [1.165, 1.54) is 17.5 Å². The highest BCUT2D eigenvalue weighted by atomic mass is 32.2. The number of nitrogens with zero attached hydrogens (tertiary/aromatic N) is 1. The first-order valence-corrected chi connectivity index (χ1v) is 9.31. The van der Waals surface area contributed by atoms with E-state index in [0.29, 0.717) is 18.4 Å². The monoisotopic (exact) mass is 321 g/mol. The minimum absolute atomic E-state index is 0.282. The number of para-hydroxylation sites is 1. The standard InChI is InChI=1S/C18H27NO2S/c1-14-7-6-8-15(2)18(14)21-11-12-22-13-17(20)19-10-5-4-9-16(19)3/h6-8,16H,4-5,9-13H2,1-3H3. The molecule has 0 aromatic heterocycles. The van der Waals surface area contributed by atoms with Crippen LogP contribution in [0.2, 0.25) is 0 Å². The predicted octanol–water partition coefficient (Wildman–Crippen LogP) is 3.82. The fourth-order valence-corrected chi connectivity index (χ4v) is 3.63. The Bertz CT molecular complexity index is 484. The van der Waals surface area contributed by atoms with Gasteiger partial charge in [-0.15, -0.1) is 11.8 Å². The maximum absolute atomic E-state index is 12.2. The molecule has 2 rings (SSSR count). The van der Waals surface area contributed by atoms with Crippen molar-refractivity contribution >= 4 is 17.7 Å². The maximum atomic E-state index is 12.2. The molecule has 0 spiro atoms. The minimum atomic E-state index is 0.282. The van der Waals surface area contributed by atoms with Gasteiger partial charge in [-0.1, -0.05) is 18.2 Å². The quantitative estimate of drug-likeness (QED) is 0.746. The fourth-order valence-electron chi connectivity index (χ4n) is 2.94. The van der Waals surface area contributed by atoms with E-state index in [4.69, 9.17) is 4.74 Å². The van der Waals surface area contributed by atoms with Crippen LogP contribution in [-0.4, -0.2) is 41.5 Å². The van der Waals surface area contributed by atoms with Crippen molar-refractivity contribution in [3.8, 4) is 5.75 Å². The van der Waals surface area contributed by atoms with Crippen molar-refractivity contribution in [1.29, 1.82) is 0 Å². The zero-order valence-corrected chi connectivity index (χ0v) is 14.7. The largest absolute Gasteiger partial charge is 0.492 e. The molecular weight excluding hydrogens is 294 g/mol. The number of piperidine rings is 1. The Morgan fingerprint density at radius 3 is 2.73 bits per heavy atom. The van der Waals surface area contributed by atoms with Crippen LogP contribution in [0.15, 0.2) is 18.2 Å². The second-order valence-corrected chi connectivity index (χ2v) is 7.16. The molecule has 0 saturated carbocycles. The number of aryl methyl sites for hydroxylation is 2. The van der Waals surface area contributed by atoms with Gasteiger partial charge >= 0.3 is 0 Å². The van der Waals surface area contributed by atoms with E-state index in [2.05, 4.69) is 32.9 Å². The Kier molecular flexibility index (Phi) is 6.62. The number of carbonyl (C=O) groups excluding carboxylic acids is 1. The molecule has 0 bridgehead atoms. The van der Waals surface area contributed by atoms with E-state index < -0.39 is 0 Å². The average molecular weight is 321 g/mol. The van der Waals surface area contributed by atoms with E-state index in [9.17, 15) is 4.79 Å². The lowest BCUT2D eigenvalue weighted by Gasteiger charge is -2.33. The molecule has 1 aromatic carbocycles. The molecule has 1 aliphatic heterocycles. The van der Waals surface area contributed by atoms with E-state index in [1.807, 2.05) is 11.0 Å². The van der Waals surface area contributed by atoms with Crippen LogP contribution in [0.4, 0.5) is 0 Å². The van der Waals surface area contributed by atoms with Crippen molar-refractivity contribution in [3.05, 3.63) is 29.3 Å². The van der Waals surface area contributed by atoms with Crippen LogP contribution >= 0.6 is 11.8 Å². The number of ether oxygens (including phenoxy) is 1. The van der Waals surface area contributed by atoms with E-state index in [1.54, 1.807) is 11.8 Å². The number of thioether (sulfide) groups is 1. The van der Waals surface area contributed by atoms with Crippen molar-refractivity contribution in [2.75, 3.05) is 24.7 Å². The molecule has 122 valence electrons. The van der Waals surface area contributed by atoms with Gasteiger partial charge in [0.05, 0.1) is 12.4 Å². The number of amides is 1. The summed E-state index contributed by atoms with van der Waals surface area (Å²) >= 11 is 1.67. The molecule has 1 aromatic rings. The molecule has 3 nitrogen and oxygen atoms in total. The fraction of sp³-hybridized carbons (Fsp3) is 0.611. The number of likely N-dealkylation sites (tertiary alicyclic amines) is 1. The third-order valence-corrected chi connectivity index (χ3v) is 5.14. The minimum Gasteiger partial charge on any atom is -0.492 e. The molecule has 1 saturated heterocycles. The predicted molar refractivity (Wildman–Crippen MR) is 93.8 cm³/mol. The molecule has 1 atom stereocenters. The first-order chi connectivity index (χ1) is 10.6. The van der Waals surface area contributed by atoms with Crippen LogP contribution in [-0.2, 0) is 4.79 Å². The average Bonchev–Trinajstić information content (AvgIpc) is 2.49. The van der Waals surface area contributed by atoms with Gasteiger partial charge in [-0.25, -0.2) is 0 Å². The summed E-state index contributed by atoms with van der Waals surface area (Å²) in [5.41, 5.74) is 2.34. The highest BCUT2D eigenvalue weighted by Crippen LogP contribution is 2.22. The van der Waals surface area contributed by atoms with E-state index in [0.717, 1.165) is 30.9 Å². The topological polar surface area (TPSA) is 29.5 Å². The SMILES string of the molecule is Cc1cccc(C)c1OCCSCC(=O)N1CCCCC1C. The summed E-state index contributed by atoms with van der Waals surface area (Å²) in [7, 11) is 0. The van der Waals surface area contributed by atoms with Gasteiger partial charge in [0.1, 0.15) is 5.75 Å². The molecule has 0 N–H and O–H groups in total. The van der Waals surface area contributed by atoms with Gasteiger partial charge in [0, 0.05) is 18.3 Å². The summed E-state index contributed by atoms with van der Waals surface area (Å²) in [4.78, 5) is 14.3. The van der Waals surface area contributed by atoms with Gasteiger partial charge in [0.25, 0.3) is 0 Å². The van der Waals surface area contributed by atoms with Crippen LogP contribution in [0.5, 0.6) is 5.75 Å². The van der Waals surface area contributed by atoms with E-state index >= 15 is 0 Å². The summed E-state index contributed by atoms with van der Waals surface area (Å²) in [5.74, 6) is 2.69. The Labute approximate surface area is 138 Å². The number of benzene rings is 1. The number of hydrogen-bond acceptors (Lipinski definition) is 3. The third kappa shape index (κ3) is 4.67. The van der Waals surface area contributed by atoms with Crippen LogP contribution in [0.25, 0.3) is 0 Å². The number of carbonyl (C=O) groups is 1. The second-order valence-electron chi connectivity index (χ2n) is 6.05. The molecule has 22 heavy (non-hydrogen) atoms. The van der Waals surface area contributed by atoms with Gasteiger partial charge < -0.3 is 9.64 Å². The van der Waals surface area contributed by atoms with Gasteiger partial charge in [-0.05, 0) is 51.2 Å². The van der Waals surface area contributed by atoms with Crippen LogP contribution in [0.3, 0.4) is 0 Å². The molecule has 1 heterocycles. The van der Waals surface area contributed by atoms with Crippen molar-refractivity contribution in [2.24, 2.45) is 0 Å². The zero-order valence-electron chi connectivity index (χ0n) is 13.9.